The van der Waals surface area contributed by atoms with Crippen LogP contribution in [0.25, 0.3) is 21.3 Å². The zero-order valence-electron chi connectivity index (χ0n) is 15.9. The summed E-state index contributed by atoms with van der Waals surface area (Å²) in [5, 5.41) is 3.11. The highest BCUT2D eigenvalue weighted by molar-refractivity contribution is 7.99. The lowest BCUT2D eigenvalue weighted by Gasteiger charge is -2.08. The number of carbonyl (C=O) groups is 1. The van der Waals surface area contributed by atoms with Crippen molar-refractivity contribution in [3.05, 3.63) is 75.9 Å². The van der Waals surface area contributed by atoms with Crippen molar-refractivity contribution in [2.75, 3.05) is 12.9 Å². The standard InChI is InChI=1S/C22H18N2O3S2/c1-24-21(26)19-17(14-7-4-3-5-8-14)12-28-20(19)23-22(24)29-13-18(25)15-9-6-10-16(11-15)27-2/h3-12H,13H2,1-2H3. The Morgan fingerprint density at radius 3 is 2.72 bits per heavy atom. The number of benzene rings is 2. The van der Waals surface area contributed by atoms with Crippen molar-refractivity contribution in [2.45, 2.75) is 5.16 Å². The average Bonchev–Trinajstić information content (AvgIpc) is 3.19. The summed E-state index contributed by atoms with van der Waals surface area (Å²) in [4.78, 5) is 30.9. The quantitative estimate of drug-likeness (QED) is 0.257. The average molecular weight is 423 g/mol. The fraction of sp³-hybridized carbons (Fsp3) is 0.136. The highest BCUT2D eigenvalue weighted by Crippen LogP contribution is 2.32. The van der Waals surface area contributed by atoms with Crippen molar-refractivity contribution in [1.29, 1.82) is 0 Å². The van der Waals surface area contributed by atoms with Crippen LogP contribution in [0, 0.1) is 0 Å². The molecule has 0 saturated heterocycles. The van der Waals surface area contributed by atoms with Crippen LogP contribution < -0.4 is 10.3 Å². The molecule has 0 aliphatic rings. The lowest BCUT2D eigenvalue weighted by molar-refractivity contribution is 0.102. The maximum atomic E-state index is 13.0. The van der Waals surface area contributed by atoms with Crippen LogP contribution in [0.2, 0.25) is 0 Å². The van der Waals surface area contributed by atoms with E-state index in [2.05, 4.69) is 4.98 Å². The van der Waals surface area contributed by atoms with Crippen LogP contribution in [0.1, 0.15) is 10.4 Å². The Morgan fingerprint density at radius 2 is 1.97 bits per heavy atom. The van der Waals surface area contributed by atoms with Crippen LogP contribution >= 0.6 is 23.1 Å². The van der Waals surface area contributed by atoms with E-state index in [0.29, 0.717) is 26.7 Å². The first-order valence-electron chi connectivity index (χ1n) is 8.92. The van der Waals surface area contributed by atoms with Gasteiger partial charge in [-0.05, 0) is 17.7 Å². The minimum Gasteiger partial charge on any atom is -0.497 e. The topological polar surface area (TPSA) is 61.2 Å². The summed E-state index contributed by atoms with van der Waals surface area (Å²) in [5.41, 5.74) is 2.35. The van der Waals surface area contributed by atoms with Gasteiger partial charge in [0.25, 0.3) is 5.56 Å². The molecule has 0 amide bonds. The molecule has 2 aromatic carbocycles. The lowest BCUT2D eigenvalue weighted by Crippen LogP contribution is -2.20. The smallest absolute Gasteiger partial charge is 0.263 e. The molecule has 0 bridgehead atoms. The molecule has 2 heterocycles. The first kappa shape index (κ1) is 19.4. The summed E-state index contributed by atoms with van der Waals surface area (Å²) in [6.45, 7) is 0. The maximum absolute atomic E-state index is 13.0. The van der Waals surface area contributed by atoms with Crippen LogP contribution in [0.5, 0.6) is 5.75 Å². The van der Waals surface area contributed by atoms with Gasteiger partial charge in [0.1, 0.15) is 10.6 Å². The van der Waals surface area contributed by atoms with Gasteiger partial charge in [-0.2, -0.15) is 0 Å². The van der Waals surface area contributed by atoms with Crippen molar-refractivity contribution >= 4 is 39.1 Å². The number of aromatic nitrogens is 2. The van der Waals surface area contributed by atoms with Crippen molar-refractivity contribution in [3.8, 4) is 16.9 Å². The number of thiophene rings is 1. The van der Waals surface area contributed by atoms with Crippen LogP contribution in [0.15, 0.2) is 69.9 Å². The molecule has 0 spiro atoms. The molecule has 0 fully saturated rings. The molecule has 7 heteroatoms. The van der Waals surface area contributed by atoms with E-state index in [9.17, 15) is 9.59 Å². The molecule has 4 rings (SSSR count). The highest BCUT2D eigenvalue weighted by atomic mass is 32.2. The van der Waals surface area contributed by atoms with E-state index in [1.807, 2.05) is 35.7 Å². The summed E-state index contributed by atoms with van der Waals surface area (Å²) in [7, 11) is 3.26. The normalized spacial score (nSPS) is 11.0. The van der Waals surface area contributed by atoms with Gasteiger partial charge in [0, 0.05) is 23.6 Å². The molecule has 0 N–H and O–H groups in total. The third-order valence-corrected chi connectivity index (χ3v) is 6.49. The zero-order valence-corrected chi connectivity index (χ0v) is 17.5. The first-order chi connectivity index (χ1) is 14.1. The Kier molecular flexibility index (Phi) is 5.51. The van der Waals surface area contributed by atoms with Gasteiger partial charge in [0.2, 0.25) is 0 Å². The second-order valence-electron chi connectivity index (χ2n) is 6.40. The van der Waals surface area contributed by atoms with Crippen LogP contribution in [0.4, 0.5) is 0 Å². The largest absolute Gasteiger partial charge is 0.497 e. The van der Waals surface area contributed by atoms with Crippen LogP contribution in [0.3, 0.4) is 0 Å². The highest BCUT2D eigenvalue weighted by Gasteiger charge is 2.17. The molecule has 5 nitrogen and oxygen atoms in total. The molecular weight excluding hydrogens is 404 g/mol. The molecule has 0 aliphatic carbocycles. The second-order valence-corrected chi connectivity index (χ2v) is 8.20. The fourth-order valence-corrected chi connectivity index (χ4v) is 4.88. The Hall–Kier alpha value is -2.90. The lowest BCUT2D eigenvalue weighted by atomic mass is 10.1. The van der Waals surface area contributed by atoms with Crippen LogP contribution in [-0.2, 0) is 7.05 Å². The predicted octanol–water partition coefficient (Wildman–Crippen LogP) is 4.65. The minimum absolute atomic E-state index is 0.0422. The maximum Gasteiger partial charge on any atom is 0.263 e. The molecule has 0 radical (unpaired) electrons. The van der Waals surface area contributed by atoms with E-state index < -0.39 is 0 Å². The number of Topliss-reactive ketones (excluding diaryl/α,β-unsaturated/α-hetero) is 1. The first-order valence-corrected chi connectivity index (χ1v) is 10.8. The molecule has 0 unspecified atom stereocenters. The Labute approximate surface area is 176 Å². The number of rotatable bonds is 6. The molecule has 0 aliphatic heterocycles. The third-order valence-electron chi connectivity index (χ3n) is 4.58. The zero-order chi connectivity index (χ0) is 20.4. The minimum atomic E-state index is -0.105. The van der Waals surface area contributed by atoms with E-state index >= 15 is 0 Å². The Bertz CT molecular complexity index is 1250. The number of ether oxygens (including phenoxy) is 1. The molecular formula is C22H18N2O3S2. The van der Waals surface area contributed by atoms with Crippen molar-refractivity contribution in [3.63, 3.8) is 0 Å². The second kappa shape index (κ2) is 8.23. The Morgan fingerprint density at radius 1 is 1.17 bits per heavy atom. The summed E-state index contributed by atoms with van der Waals surface area (Å²) < 4.78 is 6.69. The third kappa shape index (κ3) is 3.83. The number of fused-ring (bicyclic) bond motifs is 1. The van der Waals surface area contributed by atoms with E-state index in [1.165, 1.54) is 27.7 Å². The summed E-state index contributed by atoms with van der Waals surface area (Å²) >= 11 is 2.71. The van der Waals surface area contributed by atoms with E-state index in [4.69, 9.17) is 4.74 Å². The SMILES string of the molecule is COc1cccc(C(=O)CSc2nc3scc(-c4ccccc4)c3c(=O)n2C)c1. The number of hydrogen-bond donors (Lipinski definition) is 0. The number of carbonyl (C=O) groups excluding carboxylic acids is 1. The summed E-state index contributed by atoms with van der Waals surface area (Å²) in [5.74, 6) is 0.787. The molecule has 4 aromatic rings. The van der Waals surface area contributed by atoms with Gasteiger partial charge in [0.05, 0.1) is 18.2 Å². The summed E-state index contributed by atoms with van der Waals surface area (Å²) in [6.07, 6.45) is 0. The number of nitrogens with zero attached hydrogens (tertiary/aromatic N) is 2. The van der Waals surface area contributed by atoms with Gasteiger partial charge in [-0.3, -0.25) is 14.2 Å². The molecule has 0 atom stereocenters. The number of methoxy groups -OCH3 is 1. The number of hydrogen-bond acceptors (Lipinski definition) is 6. The Balaban J connectivity index is 1.63. The number of thioether (sulfide) groups is 1. The van der Waals surface area contributed by atoms with Gasteiger partial charge < -0.3 is 4.74 Å². The van der Waals surface area contributed by atoms with Gasteiger partial charge in [0.15, 0.2) is 10.9 Å². The predicted molar refractivity (Wildman–Crippen MR) is 118 cm³/mol. The summed E-state index contributed by atoms with van der Waals surface area (Å²) in [6, 6.07) is 16.9. The number of ketones is 1. The van der Waals surface area contributed by atoms with Crippen molar-refractivity contribution in [2.24, 2.45) is 7.05 Å². The van der Waals surface area contributed by atoms with Gasteiger partial charge in [-0.1, -0.05) is 54.2 Å². The van der Waals surface area contributed by atoms with Crippen molar-refractivity contribution in [1.82, 2.24) is 9.55 Å². The van der Waals surface area contributed by atoms with Gasteiger partial charge in [-0.25, -0.2) is 4.98 Å². The molecule has 0 saturated carbocycles. The van der Waals surface area contributed by atoms with E-state index in [1.54, 1.807) is 38.4 Å². The van der Waals surface area contributed by atoms with Gasteiger partial charge >= 0.3 is 0 Å². The molecule has 146 valence electrons. The van der Waals surface area contributed by atoms with Crippen LogP contribution in [-0.4, -0.2) is 28.2 Å². The van der Waals surface area contributed by atoms with Gasteiger partial charge in [-0.15, -0.1) is 11.3 Å². The molecule has 29 heavy (non-hydrogen) atoms. The van der Waals surface area contributed by atoms with E-state index in [0.717, 1.165) is 11.1 Å². The van der Waals surface area contributed by atoms with Crippen molar-refractivity contribution < 1.29 is 9.53 Å². The fourth-order valence-electron chi connectivity index (χ4n) is 3.02. The monoisotopic (exact) mass is 422 g/mol. The molecule has 2 aromatic heterocycles. The van der Waals surface area contributed by atoms with E-state index in [-0.39, 0.29) is 17.1 Å².